The molecule has 0 unspecified atom stereocenters. The molecule has 0 aromatic carbocycles. The van der Waals surface area contributed by atoms with Gasteiger partial charge in [0.25, 0.3) is 0 Å². The molecule has 0 aliphatic rings. The minimum absolute atomic E-state index is 0.0350. The van der Waals surface area contributed by atoms with E-state index >= 15 is 0 Å². The van der Waals surface area contributed by atoms with E-state index in [0.29, 0.717) is 23.8 Å². The third kappa shape index (κ3) is 4.14. The highest BCUT2D eigenvalue weighted by atomic mass is 19.4. The number of halogens is 3. The lowest BCUT2D eigenvalue weighted by Gasteiger charge is -2.10. The first-order chi connectivity index (χ1) is 12.3. The minimum Gasteiger partial charge on any atom is -0.394 e. The van der Waals surface area contributed by atoms with Crippen LogP contribution in [0.15, 0.2) is 36.7 Å². The van der Waals surface area contributed by atoms with E-state index in [1.807, 2.05) is 6.92 Å². The third-order valence-electron chi connectivity index (χ3n) is 3.44. The zero-order valence-electron chi connectivity index (χ0n) is 13.7. The number of rotatable bonds is 5. The molecule has 0 atom stereocenters. The highest BCUT2D eigenvalue weighted by Gasteiger charge is 2.30. The zero-order chi connectivity index (χ0) is 18.7. The van der Waals surface area contributed by atoms with Gasteiger partial charge in [-0.2, -0.15) is 13.2 Å². The van der Waals surface area contributed by atoms with Crippen LogP contribution in [0.5, 0.6) is 0 Å². The van der Waals surface area contributed by atoms with Crippen molar-refractivity contribution < 1.29 is 18.3 Å². The normalized spacial score (nSPS) is 11.6. The highest BCUT2D eigenvalue weighted by Crippen LogP contribution is 2.30. The van der Waals surface area contributed by atoms with Crippen molar-refractivity contribution in [1.82, 2.24) is 25.0 Å². The van der Waals surface area contributed by atoms with Gasteiger partial charge in [-0.05, 0) is 36.8 Å². The molecule has 3 aromatic rings. The van der Waals surface area contributed by atoms with E-state index in [-0.39, 0.29) is 12.4 Å². The first-order valence-corrected chi connectivity index (χ1v) is 7.65. The number of anilines is 2. The van der Waals surface area contributed by atoms with Gasteiger partial charge in [0.2, 0.25) is 0 Å². The largest absolute Gasteiger partial charge is 0.416 e. The van der Waals surface area contributed by atoms with E-state index in [0.717, 1.165) is 23.9 Å². The smallest absolute Gasteiger partial charge is 0.394 e. The standard InChI is InChI=1S/C16H15F3N6O/c1-10-6-12(13-9-25(4-5-26)24-23-13)21-15(7-10)22-14-8-11(2-3-20-14)16(17,18)19/h2-3,6-9,26H,4-5H2,1H3,(H,20,21,22). The number of nitrogens with zero attached hydrogens (tertiary/aromatic N) is 5. The van der Waals surface area contributed by atoms with Crippen molar-refractivity contribution in [3.8, 4) is 11.4 Å². The Morgan fingerprint density at radius 3 is 2.69 bits per heavy atom. The van der Waals surface area contributed by atoms with Gasteiger partial charge in [-0.3, -0.25) is 0 Å². The van der Waals surface area contributed by atoms with Crippen LogP contribution in [0.3, 0.4) is 0 Å². The summed E-state index contributed by atoms with van der Waals surface area (Å²) in [5.74, 6) is 0.372. The fraction of sp³-hybridized carbons (Fsp3) is 0.250. The van der Waals surface area contributed by atoms with E-state index in [1.165, 1.54) is 4.68 Å². The van der Waals surface area contributed by atoms with Crippen molar-refractivity contribution in [2.24, 2.45) is 0 Å². The van der Waals surface area contributed by atoms with Crippen LogP contribution in [-0.2, 0) is 12.7 Å². The summed E-state index contributed by atoms with van der Waals surface area (Å²) in [4.78, 5) is 8.25. The Bertz CT molecular complexity index is 909. The number of aliphatic hydroxyl groups is 1. The van der Waals surface area contributed by atoms with Crippen LogP contribution in [0.1, 0.15) is 11.1 Å². The number of alkyl halides is 3. The van der Waals surface area contributed by atoms with Gasteiger partial charge in [0, 0.05) is 6.20 Å². The molecule has 2 N–H and O–H groups in total. The molecule has 0 fully saturated rings. The SMILES string of the molecule is Cc1cc(Nc2cc(C(F)(F)F)ccn2)nc(-c2cn(CCO)nn2)c1. The fourth-order valence-corrected chi connectivity index (χ4v) is 2.30. The molecule has 0 bridgehead atoms. The van der Waals surface area contributed by atoms with Crippen LogP contribution in [-0.4, -0.2) is 36.7 Å². The summed E-state index contributed by atoms with van der Waals surface area (Å²) < 4.78 is 39.9. The summed E-state index contributed by atoms with van der Waals surface area (Å²) in [6, 6.07) is 5.28. The maximum absolute atomic E-state index is 12.8. The molecule has 3 rings (SSSR count). The van der Waals surface area contributed by atoms with Crippen LogP contribution in [0.2, 0.25) is 0 Å². The summed E-state index contributed by atoms with van der Waals surface area (Å²) in [6.07, 6.45) is -1.73. The van der Waals surface area contributed by atoms with Crippen molar-refractivity contribution in [1.29, 1.82) is 0 Å². The maximum Gasteiger partial charge on any atom is 0.416 e. The summed E-state index contributed by atoms with van der Waals surface area (Å²) >= 11 is 0. The van der Waals surface area contributed by atoms with Crippen molar-refractivity contribution in [2.75, 3.05) is 11.9 Å². The molecule has 136 valence electrons. The Labute approximate surface area is 146 Å². The number of hydrogen-bond acceptors (Lipinski definition) is 6. The zero-order valence-corrected chi connectivity index (χ0v) is 13.7. The molecule has 3 heterocycles. The Morgan fingerprint density at radius 2 is 1.96 bits per heavy atom. The number of nitrogens with one attached hydrogen (secondary N) is 1. The van der Waals surface area contributed by atoms with Gasteiger partial charge in [0.05, 0.1) is 30.6 Å². The van der Waals surface area contributed by atoms with Crippen molar-refractivity contribution >= 4 is 11.6 Å². The molecule has 0 saturated carbocycles. The van der Waals surface area contributed by atoms with Crippen LogP contribution in [0, 0.1) is 6.92 Å². The Morgan fingerprint density at radius 1 is 1.15 bits per heavy atom. The molecule has 10 heteroatoms. The summed E-state index contributed by atoms with van der Waals surface area (Å²) in [5, 5.41) is 19.6. The van der Waals surface area contributed by atoms with Gasteiger partial charge in [0.15, 0.2) is 0 Å². The fourth-order valence-electron chi connectivity index (χ4n) is 2.30. The lowest BCUT2D eigenvalue weighted by Crippen LogP contribution is -2.06. The van der Waals surface area contributed by atoms with Crippen LogP contribution >= 0.6 is 0 Å². The Hall–Kier alpha value is -3.01. The van der Waals surface area contributed by atoms with E-state index in [2.05, 4.69) is 25.6 Å². The van der Waals surface area contributed by atoms with Gasteiger partial charge >= 0.3 is 6.18 Å². The molecule has 7 nitrogen and oxygen atoms in total. The molecule has 3 aromatic heterocycles. The summed E-state index contributed by atoms with van der Waals surface area (Å²) in [6.45, 7) is 2.06. The lowest BCUT2D eigenvalue weighted by molar-refractivity contribution is -0.137. The minimum atomic E-state index is -4.45. The van der Waals surface area contributed by atoms with Gasteiger partial charge in [-0.1, -0.05) is 5.21 Å². The second kappa shape index (κ2) is 7.08. The molecular weight excluding hydrogens is 349 g/mol. The first-order valence-electron chi connectivity index (χ1n) is 7.65. The first kappa shape index (κ1) is 17.8. The van der Waals surface area contributed by atoms with Crippen molar-refractivity contribution in [3.05, 3.63) is 47.8 Å². The highest BCUT2D eigenvalue weighted by molar-refractivity contribution is 5.61. The third-order valence-corrected chi connectivity index (χ3v) is 3.44. The number of aliphatic hydroxyl groups excluding tert-OH is 1. The Kier molecular flexibility index (Phi) is 4.85. The maximum atomic E-state index is 12.8. The van der Waals surface area contributed by atoms with Crippen LogP contribution < -0.4 is 5.32 Å². The molecular formula is C16H15F3N6O. The second-order valence-corrected chi connectivity index (χ2v) is 5.56. The molecule has 0 spiro atoms. The van der Waals surface area contributed by atoms with E-state index < -0.39 is 11.7 Å². The van der Waals surface area contributed by atoms with E-state index in [9.17, 15) is 13.2 Å². The summed E-state index contributed by atoms with van der Waals surface area (Å²) in [7, 11) is 0. The molecule has 0 amide bonds. The van der Waals surface area contributed by atoms with Crippen LogP contribution in [0.4, 0.5) is 24.8 Å². The van der Waals surface area contributed by atoms with E-state index in [1.54, 1.807) is 18.3 Å². The lowest BCUT2D eigenvalue weighted by atomic mass is 10.2. The second-order valence-electron chi connectivity index (χ2n) is 5.56. The molecule has 0 aliphatic carbocycles. The summed E-state index contributed by atoms with van der Waals surface area (Å²) in [5.41, 5.74) is 1.03. The number of aromatic nitrogens is 5. The van der Waals surface area contributed by atoms with E-state index in [4.69, 9.17) is 5.11 Å². The predicted molar refractivity (Wildman–Crippen MR) is 87.6 cm³/mol. The van der Waals surface area contributed by atoms with Gasteiger partial charge in [0.1, 0.15) is 17.3 Å². The predicted octanol–water partition coefficient (Wildman–Crippen LogP) is 2.80. The quantitative estimate of drug-likeness (QED) is 0.724. The number of aryl methyl sites for hydroxylation is 1. The average Bonchev–Trinajstić information content (AvgIpc) is 3.03. The van der Waals surface area contributed by atoms with Gasteiger partial charge < -0.3 is 10.4 Å². The van der Waals surface area contributed by atoms with Crippen molar-refractivity contribution in [3.63, 3.8) is 0 Å². The molecule has 0 aliphatic heterocycles. The monoisotopic (exact) mass is 364 g/mol. The number of hydrogen-bond donors (Lipinski definition) is 2. The topological polar surface area (TPSA) is 88.8 Å². The van der Waals surface area contributed by atoms with Gasteiger partial charge in [-0.25, -0.2) is 14.6 Å². The molecule has 0 radical (unpaired) electrons. The van der Waals surface area contributed by atoms with Crippen LogP contribution in [0.25, 0.3) is 11.4 Å². The molecule has 26 heavy (non-hydrogen) atoms. The Balaban J connectivity index is 1.88. The van der Waals surface area contributed by atoms with Crippen molar-refractivity contribution in [2.45, 2.75) is 19.6 Å². The molecule has 0 saturated heterocycles. The van der Waals surface area contributed by atoms with Gasteiger partial charge in [-0.15, -0.1) is 5.10 Å². The number of pyridine rings is 2. The average molecular weight is 364 g/mol.